The largest absolute Gasteiger partial charge is 0.377 e. The van der Waals surface area contributed by atoms with Gasteiger partial charge in [0.1, 0.15) is 0 Å². The number of hydrogen-bond acceptors (Lipinski definition) is 4. The molecule has 0 saturated carbocycles. The number of benzene rings is 1. The number of aromatic amines is 1. The van der Waals surface area contributed by atoms with Crippen LogP contribution in [-0.4, -0.2) is 60.2 Å². The predicted octanol–water partition coefficient (Wildman–Crippen LogP) is 2.13. The first kappa shape index (κ1) is 16.8. The van der Waals surface area contributed by atoms with Crippen LogP contribution in [0.5, 0.6) is 0 Å². The van der Waals surface area contributed by atoms with Gasteiger partial charge in [0.2, 0.25) is 0 Å². The maximum Gasteiger partial charge on any atom is 0.189 e. The normalized spacial score (nSPS) is 22.7. The van der Waals surface area contributed by atoms with E-state index < -0.39 is 0 Å². The van der Waals surface area contributed by atoms with E-state index in [1.54, 1.807) is 6.07 Å². The first-order valence-electron chi connectivity index (χ1n) is 9.36. The number of fused-ring (bicyclic) bond motifs is 1. The quantitative estimate of drug-likeness (QED) is 0.926. The van der Waals surface area contributed by atoms with Crippen LogP contribution in [0.25, 0.3) is 10.9 Å². The van der Waals surface area contributed by atoms with E-state index in [1.807, 2.05) is 25.1 Å². The summed E-state index contributed by atoms with van der Waals surface area (Å²) in [5.74, 6) is 0. The van der Waals surface area contributed by atoms with Crippen LogP contribution in [0.15, 0.2) is 29.1 Å². The highest BCUT2D eigenvalue weighted by Crippen LogP contribution is 2.16. The molecule has 25 heavy (non-hydrogen) atoms. The second kappa shape index (κ2) is 7.28. The molecule has 2 saturated heterocycles. The molecule has 5 nitrogen and oxygen atoms in total. The van der Waals surface area contributed by atoms with Crippen molar-refractivity contribution in [2.45, 2.75) is 32.4 Å². The number of aryl methyl sites for hydroxylation is 1. The number of rotatable bonds is 4. The SMILES string of the molecule is Cc1ccc2[nH]c(CN3CCN(C[C@@H]4CCCO4)CC3)cc(=O)c2c1. The first-order valence-corrected chi connectivity index (χ1v) is 9.36. The molecule has 2 aliphatic rings. The molecule has 4 rings (SSSR count). The zero-order valence-corrected chi connectivity index (χ0v) is 15.0. The second-order valence-electron chi connectivity index (χ2n) is 7.42. The van der Waals surface area contributed by atoms with Crippen LogP contribution in [0.3, 0.4) is 0 Å². The molecular weight excluding hydrogens is 314 g/mol. The summed E-state index contributed by atoms with van der Waals surface area (Å²) >= 11 is 0. The summed E-state index contributed by atoms with van der Waals surface area (Å²) in [5.41, 5.74) is 3.18. The van der Waals surface area contributed by atoms with E-state index in [0.29, 0.717) is 6.10 Å². The van der Waals surface area contributed by atoms with Crippen LogP contribution in [0.4, 0.5) is 0 Å². The minimum Gasteiger partial charge on any atom is -0.377 e. The highest BCUT2D eigenvalue weighted by molar-refractivity contribution is 5.79. The minimum absolute atomic E-state index is 0.115. The molecule has 1 N–H and O–H groups in total. The number of pyridine rings is 1. The van der Waals surface area contributed by atoms with Gasteiger partial charge in [0.05, 0.1) is 6.10 Å². The monoisotopic (exact) mass is 341 g/mol. The Hall–Kier alpha value is -1.69. The van der Waals surface area contributed by atoms with E-state index in [0.717, 1.165) is 68.0 Å². The fourth-order valence-electron chi connectivity index (χ4n) is 3.95. The van der Waals surface area contributed by atoms with Crippen LogP contribution in [0, 0.1) is 6.92 Å². The van der Waals surface area contributed by atoms with Crippen molar-refractivity contribution in [3.05, 3.63) is 45.7 Å². The van der Waals surface area contributed by atoms with Crippen molar-refractivity contribution in [1.29, 1.82) is 0 Å². The molecule has 2 fully saturated rings. The van der Waals surface area contributed by atoms with Gasteiger partial charge in [0.15, 0.2) is 5.43 Å². The van der Waals surface area contributed by atoms with Gasteiger partial charge in [-0.2, -0.15) is 0 Å². The zero-order chi connectivity index (χ0) is 17.2. The highest BCUT2D eigenvalue weighted by atomic mass is 16.5. The molecule has 3 heterocycles. The third-order valence-corrected chi connectivity index (χ3v) is 5.39. The topological polar surface area (TPSA) is 48.6 Å². The number of ether oxygens (including phenoxy) is 1. The van der Waals surface area contributed by atoms with Crippen LogP contribution in [0.1, 0.15) is 24.1 Å². The molecule has 0 amide bonds. The summed E-state index contributed by atoms with van der Waals surface area (Å²) in [6.07, 6.45) is 2.85. The van der Waals surface area contributed by atoms with E-state index >= 15 is 0 Å². The molecule has 1 aromatic heterocycles. The molecule has 134 valence electrons. The van der Waals surface area contributed by atoms with E-state index in [-0.39, 0.29) is 5.43 Å². The highest BCUT2D eigenvalue weighted by Gasteiger charge is 2.23. The standard InChI is InChI=1S/C20H27N3O2/c1-15-4-5-19-18(11-15)20(24)12-16(21-19)13-22-6-8-23(9-7-22)14-17-3-2-10-25-17/h4-5,11-12,17H,2-3,6-10,13-14H2,1H3,(H,21,24)/t17-/m0/s1. The third kappa shape index (κ3) is 3.94. The van der Waals surface area contributed by atoms with Crippen molar-refractivity contribution in [2.24, 2.45) is 0 Å². The van der Waals surface area contributed by atoms with Crippen molar-refractivity contribution in [3.63, 3.8) is 0 Å². The number of H-pyrrole nitrogens is 1. The number of hydrogen-bond donors (Lipinski definition) is 1. The fraction of sp³-hybridized carbons (Fsp3) is 0.550. The summed E-state index contributed by atoms with van der Waals surface area (Å²) in [6.45, 7) is 9.07. The molecule has 2 aromatic rings. The molecule has 2 aliphatic heterocycles. The van der Waals surface area contributed by atoms with Crippen LogP contribution >= 0.6 is 0 Å². The van der Waals surface area contributed by atoms with Crippen LogP contribution < -0.4 is 5.43 Å². The molecule has 0 aliphatic carbocycles. The molecule has 0 unspecified atom stereocenters. The Morgan fingerprint density at radius 3 is 2.72 bits per heavy atom. The Morgan fingerprint density at radius 1 is 1.16 bits per heavy atom. The Bertz CT molecular complexity index is 787. The average Bonchev–Trinajstić information content (AvgIpc) is 3.10. The summed E-state index contributed by atoms with van der Waals surface area (Å²) in [6, 6.07) is 7.78. The van der Waals surface area contributed by atoms with Gasteiger partial charge in [-0.15, -0.1) is 0 Å². The van der Waals surface area contributed by atoms with Crippen LogP contribution in [0.2, 0.25) is 0 Å². The number of nitrogens with one attached hydrogen (secondary N) is 1. The molecular formula is C20H27N3O2. The number of piperazine rings is 1. The predicted molar refractivity (Wildman–Crippen MR) is 100.0 cm³/mol. The molecule has 0 spiro atoms. The Labute approximate surface area is 148 Å². The van der Waals surface area contributed by atoms with Gasteiger partial charge >= 0.3 is 0 Å². The Kier molecular flexibility index (Phi) is 4.88. The minimum atomic E-state index is 0.115. The van der Waals surface area contributed by atoms with Crippen LogP contribution in [-0.2, 0) is 11.3 Å². The van der Waals surface area contributed by atoms with Gasteiger partial charge in [-0.3, -0.25) is 14.6 Å². The van der Waals surface area contributed by atoms with Crippen molar-refractivity contribution < 1.29 is 4.74 Å². The maximum absolute atomic E-state index is 12.4. The summed E-state index contributed by atoms with van der Waals surface area (Å²) in [4.78, 5) is 20.8. The van der Waals surface area contributed by atoms with E-state index in [2.05, 4.69) is 14.8 Å². The average molecular weight is 341 g/mol. The Morgan fingerprint density at radius 2 is 1.96 bits per heavy atom. The number of nitrogens with zero attached hydrogens (tertiary/aromatic N) is 2. The zero-order valence-electron chi connectivity index (χ0n) is 15.0. The Balaban J connectivity index is 1.37. The van der Waals surface area contributed by atoms with Crippen molar-refractivity contribution in [1.82, 2.24) is 14.8 Å². The van der Waals surface area contributed by atoms with Gasteiger partial charge in [-0.1, -0.05) is 11.6 Å². The lowest BCUT2D eigenvalue weighted by atomic mass is 10.1. The van der Waals surface area contributed by atoms with E-state index in [4.69, 9.17) is 4.74 Å². The molecule has 5 heteroatoms. The fourth-order valence-corrected chi connectivity index (χ4v) is 3.95. The number of aromatic nitrogens is 1. The van der Waals surface area contributed by atoms with Gasteiger partial charge in [0.25, 0.3) is 0 Å². The molecule has 0 radical (unpaired) electrons. The molecule has 0 bridgehead atoms. The van der Waals surface area contributed by atoms with Gasteiger partial charge in [-0.05, 0) is 31.9 Å². The van der Waals surface area contributed by atoms with E-state index in [9.17, 15) is 4.79 Å². The first-order chi connectivity index (χ1) is 12.2. The molecule has 1 aromatic carbocycles. The molecule has 1 atom stereocenters. The van der Waals surface area contributed by atoms with Crippen molar-refractivity contribution in [2.75, 3.05) is 39.3 Å². The lowest BCUT2D eigenvalue weighted by Gasteiger charge is -2.35. The third-order valence-electron chi connectivity index (χ3n) is 5.39. The smallest absolute Gasteiger partial charge is 0.189 e. The summed E-state index contributed by atoms with van der Waals surface area (Å²) in [7, 11) is 0. The van der Waals surface area contributed by atoms with E-state index in [1.165, 1.54) is 12.8 Å². The van der Waals surface area contributed by atoms with Gasteiger partial charge < -0.3 is 9.72 Å². The van der Waals surface area contributed by atoms with Gasteiger partial charge in [0, 0.05) is 68.5 Å². The lowest BCUT2D eigenvalue weighted by Crippen LogP contribution is -2.48. The summed E-state index contributed by atoms with van der Waals surface area (Å²) < 4.78 is 5.75. The lowest BCUT2D eigenvalue weighted by molar-refractivity contribution is 0.0487. The second-order valence-corrected chi connectivity index (χ2v) is 7.42. The summed E-state index contributed by atoms with van der Waals surface area (Å²) in [5, 5.41) is 0.783. The van der Waals surface area contributed by atoms with Gasteiger partial charge in [-0.25, -0.2) is 0 Å². The maximum atomic E-state index is 12.4. The van der Waals surface area contributed by atoms with Crippen molar-refractivity contribution in [3.8, 4) is 0 Å². The van der Waals surface area contributed by atoms with Crippen molar-refractivity contribution >= 4 is 10.9 Å².